The zero-order valence-electron chi connectivity index (χ0n) is 16.8. The van der Waals surface area contributed by atoms with Gasteiger partial charge in [-0.15, -0.1) is 0 Å². The zero-order chi connectivity index (χ0) is 21.9. The molecule has 4 aromatic rings. The fourth-order valence-electron chi connectivity index (χ4n) is 3.43. The Bertz CT molecular complexity index is 1370. The van der Waals surface area contributed by atoms with Crippen LogP contribution in [-0.4, -0.2) is 27.3 Å². The predicted molar refractivity (Wildman–Crippen MR) is 117 cm³/mol. The fourth-order valence-corrected chi connectivity index (χ4v) is 3.43. The van der Waals surface area contributed by atoms with Crippen LogP contribution in [0.3, 0.4) is 0 Å². The van der Waals surface area contributed by atoms with Crippen LogP contribution in [0.5, 0.6) is 11.5 Å². The summed E-state index contributed by atoms with van der Waals surface area (Å²) >= 11 is 0. The summed E-state index contributed by atoms with van der Waals surface area (Å²) in [5.74, 6) is 0.656. The van der Waals surface area contributed by atoms with Crippen LogP contribution >= 0.6 is 0 Å². The quantitative estimate of drug-likeness (QED) is 0.269. The number of nitrogens with zero attached hydrogens (tertiary/aromatic N) is 4. The number of aromatic nitrogens is 3. The van der Waals surface area contributed by atoms with Gasteiger partial charge in [0.1, 0.15) is 17.3 Å². The topological polar surface area (TPSA) is 90.0 Å². The smallest absolute Gasteiger partial charge is 0.231 e. The lowest BCUT2D eigenvalue weighted by molar-refractivity contribution is 0.103. The first-order valence-electron chi connectivity index (χ1n) is 9.84. The Hall–Kier alpha value is -4.70. The highest BCUT2D eigenvalue weighted by Crippen LogP contribution is 2.33. The van der Waals surface area contributed by atoms with Crippen LogP contribution in [-0.2, 0) is 0 Å². The van der Waals surface area contributed by atoms with E-state index >= 15 is 0 Å². The summed E-state index contributed by atoms with van der Waals surface area (Å²) in [6.45, 7) is 0.112. The number of fused-ring (bicyclic) bond motifs is 1. The van der Waals surface area contributed by atoms with E-state index in [2.05, 4.69) is 4.98 Å². The van der Waals surface area contributed by atoms with Gasteiger partial charge in [0.05, 0.1) is 5.69 Å². The molecule has 0 saturated heterocycles. The number of allylic oxidation sites excluding steroid dienone is 1. The van der Waals surface area contributed by atoms with Crippen LogP contribution in [0.25, 0.3) is 23.0 Å². The normalized spacial score (nSPS) is 12.4. The first-order chi connectivity index (χ1) is 15.7. The van der Waals surface area contributed by atoms with Gasteiger partial charge < -0.3 is 9.47 Å². The first-order valence-corrected chi connectivity index (χ1v) is 9.84. The molecule has 0 aliphatic carbocycles. The molecule has 0 spiro atoms. The van der Waals surface area contributed by atoms with Crippen molar-refractivity contribution >= 4 is 11.9 Å². The standard InChI is InChI=1S/C25H16N4O3/c26-13-19(25(30)17-8-9-22-23(12-17)32-16-31-22)11-20-15-29(21-6-2-1-3-7-21)28-24(20)18-5-4-10-27-14-18/h1-12,14-15H,16H2/b19-11+. The molecule has 0 radical (unpaired) electrons. The van der Waals surface area contributed by atoms with Crippen molar-refractivity contribution in [1.29, 1.82) is 5.26 Å². The monoisotopic (exact) mass is 420 g/mol. The molecule has 7 nitrogen and oxygen atoms in total. The molecular formula is C25H16N4O3. The minimum Gasteiger partial charge on any atom is -0.454 e. The number of pyridine rings is 1. The number of ketones is 1. The van der Waals surface area contributed by atoms with Crippen molar-refractivity contribution in [3.63, 3.8) is 0 Å². The molecule has 0 amide bonds. The molecule has 2 aromatic carbocycles. The first kappa shape index (κ1) is 19.3. The average Bonchev–Trinajstić information content (AvgIpc) is 3.50. The third kappa shape index (κ3) is 3.61. The van der Waals surface area contributed by atoms with Gasteiger partial charge in [-0.3, -0.25) is 9.78 Å². The Morgan fingerprint density at radius 2 is 1.91 bits per heavy atom. The molecule has 2 aromatic heterocycles. The molecule has 1 aliphatic rings. The second kappa shape index (κ2) is 8.20. The van der Waals surface area contributed by atoms with Crippen molar-refractivity contribution in [1.82, 2.24) is 14.8 Å². The molecule has 5 rings (SSSR count). The van der Waals surface area contributed by atoms with Gasteiger partial charge in [0.25, 0.3) is 0 Å². The number of nitriles is 1. The van der Waals surface area contributed by atoms with E-state index < -0.39 is 5.78 Å². The number of ether oxygens (including phenoxy) is 2. The zero-order valence-corrected chi connectivity index (χ0v) is 16.8. The summed E-state index contributed by atoms with van der Waals surface area (Å²) in [6, 6.07) is 20.2. The highest BCUT2D eigenvalue weighted by atomic mass is 16.7. The lowest BCUT2D eigenvalue weighted by Gasteiger charge is -2.02. The molecule has 7 heteroatoms. The van der Waals surface area contributed by atoms with Crippen LogP contribution in [0.15, 0.2) is 84.8 Å². The minimum atomic E-state index is -0.407. The number of Topliss-reactive ketones (excluding diaryl/α,β-unsaturated/α-hetero) is 1. The van der Waals surface area contributed by atoms with E-state index in [1.807, 2.05) is 48.5 Å². The van der Waals surface area contributed by atoms with E-state index in [0.29, 0.717) is 28.3 Å². The summed E-state index contributed by atoms with van der Waals surface area (Å²) in [7, 11) is 0. The van der Waals surface area contributed by atoms with Gasteiger partial charge >= 0.3 is 0 Å². The number of carbonyl (C=O) groups excluding carboxylic acids is 1. The van der Waals surface area contributed by atoms with Gasteiger partial charge in [-0.05, 0) is 48.5 Å². The van der Waals surface area contributed by atoms with Crippen LogP contribution < -0.4 is 9.47 Å². The van der Waals surface area contributed by atoms with Crippen molar-refractivity contribution in [2.45, 2.75) is 0 Å². The van der Waals surface area contributed by atoms with Crippen molar-refractivity contribution in [3.8, 4) is 34.5 Å². The largest absolute Gasteiger partial charge is 0.454 e. The molecule has 0 saturated carbocycles. The fraction of sp³-hybridized carbons (Fsp3) is 0.0400. The molecular weight excluding hydrogens is 404 g/mol. The third-order valence-electron chi connectivity index (χ3n) is 5.00. The van der Waals surface area contributed by atoms with Crippen molar-refractivity contribution in [2.75, 3.05) is 6.79 Å². The molecule has 1 aliphatic heterocycles. The molecule has 0 unspecified atom stereocenters. The van der Waals surface area contributed by atoms with Gasteiger partial charge in [-0.25, -0.2) is 4.68 Å². The van der Waals surface area contributed by atoms with Gasteiger partial charge in [0.2, 0.25) is 12.6 Å². The van der Waals surface area contributed by atoms with E-state index in [-0.39, 0.29) is 12.4 Å². The summed E-state index contributed by atoms with van der Waals surface area (Å²) in [5, 5.41) is 14.5. The summed E-state index contributed by atoms with van der Waals surface area (Å²) in [4.78, 5) is 17.2. The van der Waals surface area contributed by atoms with E-state index in [4.69, 9.17) is 14.6 Å². The number of hydrogen-bond acceptors (Lipinski definition) is 6. The van der Waals surface area contributed by atoms with Crippen LogP contribution in [0.4, 0.5) is 0 Å². The maximum atomic E-state index is 13.1. The highest BCUT2D eigenvalue weighted by Gasteiger charge is 2.20. The Morgan fingerprint density at radius 1 is 1.06 bits per heavy atom. The molecule has 0 bridgehead atoms. The van der Waals surface area contributed by atoms with E-state index in [9.17, 15) is 10.1 Å². The van der Waals surface area contributed by atoms with Crippen molar-refractivity contribution in [3.05, 3.63) is 96.0 Å². The third-order valence-corrected chi connectivity index (χ3v) is 5.00. The Morgan fingerprint density at radius 3 is 2.69 bits per heavy atom. The maximum absolute atomic E-state index is 13.1. The molecule has 154 valence electrons. The van der Waals surface area contributed by atoms with E-state index in [0.717, 1.165) is 11.3 Å². The maximum Gasteiger partial charge on any atom is 0.231 e. The van der Waals surface area contributed by atoms with Crippen molar-refractivity contribution < 1.29 is 14.3 Å². The summed E-state index contributed by atoms with van der Waals surface area (Å²) < 4.78 is 12.4. The number of hydrogen-bond donors (Lipinski definition) is 0. The predicted octanol–water partition coefficient (Wildman–Crippen LogP) is 4.45. The van der Waals surface area contributed by atoms with Gasteiger partial charge in [-0.1, -0.05) is 18.2 Å². The highest BCUT2D eigenvalue weighted by molar-refractivity contribution is 6.14. The Balaban J connectivity index is 1.58. The minimum absolute atomic E-state index is 0.0124. The van der Waals surface area contributed by atoms with E-state index in [1.165, 1.54) is 0 Å². The molecule has 0 atom stereocenters. The number of rotatable bonds is 5. The summed E-state index contributed by atoms with van der Waals surface area (Å²) in [6.07, 6.45) is 6.72. The lowest BCUT2D eigenvalue weighted by atomic mass is 10.0. The Labute approximate surface area is 183 Å². The van der Waals surface area contributed by atoms with Crippen LogP contribution in [0, 0.1) is 11.3 Å². The van der Waals surface area contributed by atoms with Gasteiger partial charge in [-0.2, -0.15) is 10.4 Å². The van der Waals surface area contributed by atoms with E-state index in [1.54, 1.807) is 47.5 Å². The lowest BCUT2D eigenvalue weighted by Crippen LogP contribution is -2.02. The van der Waals surface area contributed by atoms with Gasteiger partial charge in [0.15, 0.2) is 11.5 Å². The average molecular weight is 420 g/mol. The molecule has 0 N–H and O–H groups in total. The van der Waals surface area contributed by atoms with Crippen LogP contribution in [0.2, 0.25) is 0 Å². The Kier molecular flexibility index (Phi) is 4.94. The van der Waals surface area contributed by atoms with Crippen molar-refractivity contribution in [2.24, 2.45) is 0 Å². The molecule has 3 heterocycles. The van der Waals surface area contributed by atoms with Crippen LogP contribution in [0.1, 0.15) is 15.9 Å². The SMILES string of the molecule is N#C/C(=C\c1cn(-c2ccccc2)nc1-c1cccnc1)C(=O)c1ccc2c(c1)OCO2. The number of para-hydroxylation sites is 1. The summed E-state index contributed by atoms with van der Waals surface area (Å²) in [5.41, 5.74) is 3.22. The number of carbonyl (C=O) groups is 1. The molecule has 0 fully saturated rings. The second-order valence-corrected chi connectivity index (χ2v) is 7.02. The van der Waals surface area contributed by atoms with Gasteiger partial charge in [0, 0.05) is 35.3 Å². The molecule has 32 heavy (non-hydrogen) atoms. The second-order valence-electron chi connectivity index (χ2n) is 7.02. The number of benzene rings is 2.